The van der Waals surface area contributed by atoms with Gasteiger partial charge in [-0.15, -0.1) is 0 Å². The zero-order valence-electron chi connectivity index (χ0n) is 7.67. The van der Waals surface area contributed by atoms with Gasteiger partial charge in [-0.2, -0.15) is 0 Å². The molecule has 4 heteroatoms. The maximum absolute atomic E-state index is 10.5. The Morgan fingerprint density at radius 2 is 2.33 bits per heavy atom. The molecule has 0 rings (SSSR count). The summed E-state index contributed by atoms with van der Waals surface area (Å²) < 4.78 is 5.12. The Bertz CT molecular complexity index is 127. The molecule has 0 aromatic rings. The Morgan fingerprint density at radius 1 is 1.67 bits per heavy atom. The van der Waals surface area contributed by atoms with Crippen molar-refractivity contribution < 1.29 is 14.6 Å². The van der Waals surface area contributed by atoms with Crippen LogP contribution in [0.4, 0.5) is 0 Å². The van der Waals surface area contributed by atoms with Gasteiger partial charge < -0.3 is 15.2 Å². The number of ether oxygens (including phenoxy) is 1. The molecule has 0 saturated carbocycles. The number of carboxylic acids is 1. The SMILES string of the molecule is CCCC(OCCNC)C(=O)O. The van der Waals surface area contributed by atoms with Crippen LogP contribution in [-0.2, 0) is 9.53 Å². The van der Waals surface area contributed by atoms with Gasteiger partial charge in [-0.3, -0.25) is 0 Å². The Balaban J connectivity index is 3.56. The molecule has 0 heterocycles. The fraction of sp³-hybridized carbons (Fsp3) is 0.875. The second-order valence-electron chi connectivity index (χ2n) is 2.59. The fourth-order valence-corrected chi connectivity index (χ4v) is 0.844. The van der Waals surface area contributed by atoms with E-state index in [0.29, 0.717) is 19.6 Å². The summed E-state index contributed by atoms with van der Waals surface area (Å²) in [6, 6.07) is 0. The number of hydrogen-bond acceptors (Lipinski definition) is 3. The van der Waals surface area contributed by atoms with E-state index in [-0.39, 0.29) is 0 Å². The van der Waals surface area contributed by atoms with Crippen LogP contribution in [0, 0.1) is 0 Å². The molecule has 0 aliphatic carbocycles. The van der Waals surface area contributed by atoms with Crippen molar-refractivity contribution in [2.45, 2.75) is 25.9 Å². The van der Waals surface area contributed by atoms with Crippen LogP contribution in [-0.4, -0.2) is 37.4 Å². The maximum atomic E-state index is 10.5. The second kappa shape index (κ2) is 7.06. The summed E-state index contributed by atoms with van der Waals surface area (Å²) in [5.74, 6) is -0.868. The van der Waals surface area contributed by atoms with Crippen LogP contribution in [0.3, 0.4) is 0 Å². The highest BCUT2D eigenvalue weighted by molar-refractivity contribution is 5.72. The third-order valence-corrected chi connectivity index (χ3v) is 1.50. The number of carboxylic acid groups (broad SMARTS) is 1. The second-order valence-corrected chi connectivity index (χ2v) is 2.59. The lowest BCUT2D eigenvalue weighted by molar-refractivity contribution is -0.150. The van der Waals surface area contributed by atoms with E-state index in [0.717, 1.165) is 6.42 Å². The first-order chi connectivity index (χ1) is 5.72. The Hall–Kier alpha value is -0.610. The molecule has 12 heavy (non-hydrogen) atoms. The third kappa shape index (κ3) is 5.09. The normalized spacial score (nSPS) is 12.8. The Kier molecular flexibility index (Phi) is 6.70. The molecule has 0 bridgehead atoms. The van der Waals surface area contributed by atoms with Gasteiger partial charge in [0.25, 0.3) is 0 Å². The predicted molar refractivity (Wildman–Crippen MR) is 46.2 cm³/mol. The molecule has 0 saturated heterocycles. The topological polar surface area (TPSA) is 58.6 Å². The minimum absolute atomic E-state index is 0.452. The van der Waals surface area contributed by atoms with Gasteiger partial charge in [0.05, 0.1) is 6.61 Å². The lowest BCUT2D eigenvalue weighted by Gasteiger charge is -2.11. The summed E-state index contributed by atoms with van der Waals surface area (Å²) in [6.07, 6.45) is 0.776. The number of carbonyl (C=O) groups is 1. The molecular formula is C8H17NO3. The number of rotatable bonds is 7. The average Bonchev–Trinajstić information content (AvgIpc) is 2.03. The number of hydrogen-bond donors (Lipinski definition) is 2. The lowest BCUT2D eigenvalue weighted by atomic mass is 10.2. The van der Waals surface area contributed by atoms with Gasteiger partial charge in [0.15, 0.2) is 6.10 Å². The summed E-state index contributed by atoms with van der Waals surface area (Å²) >= 11 is 0. The molecule has 0 aromatic carbocycles. The van der Waals surface area contributed by atoms with Crippen LogP contribution in [0.5, 0.6) is 0 Å². The smallest absolute Gasteiger partial charge is 0.332 e. The summed E-state index contributed by atoms with van der Waals surface area (Å²) in [6.45, 7) is 3.08. The van der Waals surface area contributed by atoms with E-state index in [1.165, 1.54) is 0 Å². The van der Waals surface area contributed by atoms with Crippen molar-refractivity contribution in [3.63, 3.8) is 0 Å². The van der Waals surface area contributed by atoms with Crippen LogP contribution >= 0.6 is 0 Å². The molecule has 72 valence electrons. The highest BCUT2D eigenvalue weighted by Gasteiger charge is 2.15. The van der Waals surface area contributed by atoms with E-state index in [1.807, 2.05) is 6.92 Å². The largest absolute Gasteiger partial charge is 0.479 e. The molecule has 1 atom stereocenters. The van der Waals surface area contributed by atoms with Crippen molar-refractivity contribution in [3.8, 4) is 0 Å². The quantitative estimate of drug-likeness (QED) is 0.552. The summed E-state index contributed by atoms with van der Waals surface area (Å²) in [4.78, 5) is 10.5. The molecule has 0 fully saturated rings. The van der Waals surface area contributed by atoms with E-state index in [1.54, 1.807) is 7.05 Å². The van der Waals surface area contributed by atoms with E-state index in [2.05, 4.69) is 5.32 Å². The Morgan fingerprint density at radius 3 is 2.75 bits per heavy atom. The van der Waals surface area contributed by atoms with Crippen molar-refractivity contribution in [1.82, 2.24) is 5.32 Å². The van der Waals surface area contributed by atoms with Crippen molar-refractivity contribution >= 4 is 5.97 Å². The van der Waals surface area contributed by atoms with Gasteiger partial charge >= 0.3 is 5.97 Å². The standard InChI is InChI=1S/C8H17NO3/c1-3-4-7(8(10)11)12-6-5-9-2/h7,9H,3-6H2,1-2H3,(H,10,11). The van der Waals surface area contributed by atoms with Crippen LogP contribution in [0.1, 0.15) is 19.8 Å². The minimum Gasteiger partial charge on any atom is -0.479 e. The predicted octanol–water partition coefficient (Wildman–Crippen LogP) is 0.476. The number of likely N-dealkylation sites (N-methyl/N-ethyl adjacent to an activating group) is 1. The average molecular weight is 175 g/mol. The first kappa shape index (κ1) is 11.4. The summed E-state index contributed by atoms with van der Waals surface area (Å²) in [7, 11) is 1.80. The molecule has 0 amide bonds. The lowest BCUT2D eigenvalue weighted by Crippen LogP contribution is -2.27. The maximum Gasteiger partial charge on any atom is 0.332 e. The molecule has 1 unspecified atom stereocenters. The van der Waals surface area contributed by atoms with Crippen molar-refractivity contribution in [2.75, 3.05) is 20.2 Å². The van der Waals surface area contributed by atoms with Crippen molar-refractivity contribution in [2.24, 2.45) is 0 Å². The summed E-state index contributed by atoms with van der Waals surface area (Å²) in [5.41, 5.74) is 0. The fourth-order valence-electron chi connectivity index (χ4n) is 0.844. The van der Waals surface area contributed by atoms with Gasteiger partial charge in [0.2, 0.25) is 0 Å². The minimum atomic E-state index is -0.868. The highest BCUT2D eigenvalue weighted by atomic mass is 16.5. The molecule has 0 aromatic heterocycles. The van der Waals surface area contributed by atoms with Crippen molar-refractivity contribution in [1.29, 1.82) is 0 Å². The highest BCUT2D eigenvalue weighted by Crippen LogP contribution is 2.01. The Labute approximate surface area is 72.9 Å². The zero-order valence-corrected chi connectivity index (χ0v) is 7.67. The van der Waals surface area contributed by atoms with E-state index in [4.69, 9.17) is 9.84 Å². The molecule has 0 aliphatic rings. The first-order valence-electron chi connectivity index (χ1n) is 4.21. The van der Waals surface area contributed by atoms with E-state index >= 15 is 0 Å². The first-order valence-corrected chi connectivity index (χ1v) is 4.21. The van der Waals surface area contributed by atoms with E-state index < -0.39 is 12.1 Å². The van der Waals surface area contributed by atoms with E-state index in [9.17, 15) is 4.79 Å². The zero-order chi connectivity index (χ0) is 9.40. The van der Waals surface area contributed by atoms with Gasteiger partial charge in [-0.25, -0.2) is 4.79 Å². The molecular weight excluding hydrogens is 158 g/mol. The van der Waals surface area contributed by atoms with Gasteiger partial charge in [0, 0.05) is 6.54 Å². The number of nitrogens with one attached hydrogen (secondary N) is 1. The monoisotopic (exact) mass is 175 g/mol. The van der Waals surface area contributed by atoms with Gasteiger partial charge in [-0.05, 0) is 13.5 Å². The van der Waals surface area contributed by atoms with Crippen LogP contribution in [0.2, 0.25) is 0 Å². The van der Waals surface area contributed by atoms with Crippen molar-refractivity contribution in [3.05, 3.63) is 0 Å². The molecule has 0 radical (unpaired) electrons. The van der Waals surface area contributed by atoms with Gasteiger partial charge in [0.1, 0.15) is 0 Å². The summed E-state index contributed by atoms with van der Waals surface area (Å²) in [5, 5.41) is 11.5. The molecule has 0 spiro atoms. The third-order valence-electron chi connectivity index (χ3n) is 1.50. The molecule has 0 aliphatic heterocycles. The van der Waals surface area contributed by atoms with Crippen LogP contribution < -0.4 is 5.32 Å². The van der Waals surface area contributed by atoms with Crippen LogP contribution in [0.25, 0.3) is 0 Å². The van der Waals surface area contributed by atoms with Gasteiger partial charge in [-0.1, -0.05) is 13.3 Å². The molecule has 4 nitrogen and oxygen atoms in total. The number of aliphatic carboxylic acids is 1. The van der Waals surface area contributed by atoms with Crippen LogP contribution in [0.15, 0.2) is 0 Å². The molecule has 2 N–H and O–H groups in total.